The van der Waals surface area contributed by atoms with E-state index in [4.69, 9.17) is 4.74 Å². The van der Waals surface area contributed by atoms with Crippen LogP contribution in [0.4, 0.5) is 0 Å². The average Bonchev–Trinajstić information content (AvgIpc) is 2.63. The van der Waals surface area contributed by atoms with Gasteiger partial charge in [0, 0.05) is 37.1 Å². The van der Waals surface area contributed by atoms with Gasteiger partial charge in [-0.15, -0.1) is 0 Å². The quantitative estimate of drug-likeness (QED) is 0.740. The minimum atomic E-state index is -0.192. The molecule has 0 fully saturated rings. The first kappa shape index (κ1) is 17.8. The van der Waals surface area contributed by atoms with E-state index in [1.807, 2.05) is 43.3 Å². The second-order valence-electron chi connectivity index (χ2n) is 6.26. The Morgan fingerprint density at radius 2 is 2.08 bits per heavy atom. The van der Waals surface area contributed by atoms with E-state index in [9.17, 15) is 9.59 Å². The van der Waals surface area contributed by atoms with Gasteiger partial charge in [0.25, 0.3) is 5.56 Å². The molecule has 2 aromatic heterocycles. The van der Waals surface area contributed by atoms with Gasteiger partial charge in [-0.3, -0.25) is 14.6 Å². The maximum Gasteiger partial charge on any atom is 0.253 e. The molecule has 1 N–H and O–H groups in total. The molecule has 6 nitrogen and oxygen atoms in total. The van der Waals surface area contributed by atoms with Crippen LogP contribution in [0.25, 0.3) is 10.9 Å². The van der Waals surface area contributed by atoms with Crippen molar-refractivity contribution in [2.24, 2.45) is 0 Å². The second kappa shape index (κ2) is 7.93. The molecule has 0 saturated carbocycles. The number of carbonyl (C=O) groups excluding carboxylic acids is 1. The van der Waals surface area contributed by atoms with Gasteiger partial charge in [0.15, 0.2) is 0 Å². The van der Waals surface area contributed by atoms with Gasteiger partial charge in [-0.25, -0.2) is 0 Å². The number of aryl methyl sites for hydroxylation is 1. The predicted octanol–water partition coefficient (Wildman–Crippen LogP) is 2.41. The number of nitrogens with one attached hydrogen (secondary N) is 1. The third kappa shape index (κ3) is 4.15. The molecule has 0 unspecified atom stereocenters. The molecule has 0 aliphatic rings. The molecular weight excluding hydrogens is 330 g/mol. The number of hydrogen-bond acceptors (Lipinski definition) is 4. The molecule has 1 amide bonds. The lowest BCUT2D eigenvalue weighted by atomic mass is 10.1. The summed E-state index contributed by atoms with van der Waals surface area (Å²) in [5, 5.41) is 0.945. The molecule has 3 aromatic rings. The smallest absolute Gasteiger partial charge is 0.253 e. The zero-order chi connectivity index (χ0) is 18.5. The monoisotopic (exact) mass is 351 g/mol. The summed E-state index contributed by atoms with van der Waals surface area (Å²) >= 11 is 0. The Bertz CT molecular complexity index is 967. The highest BCUT2D eigenvalue weighted by Gasteiger charge is 2.16. The summed E-state index contributed by atoms with van der Waals surface area (Å²) in [6.45, 7) is 2.53. The highest BCUT2D eigenvalue weighted by Crippen LogP contribution is 2.15. The van der Waals surface area contributed by atoms with Gasteiger partial charge in [-0.05, 0) is 42.1 Å². The lowest BCUT2D eigenvalue weighted by Crippen LogP contribution is -2.34. The largest absolute Gasteiger partial charge is 0.375 e. The summed E-state index contributed by atoms with van der Waals surface area (Å²) in [5.74, 6) is -0.180. The van der Waals surface area contributed by atoms with E-state index >= 15 is 0 Å². The van der Waals surface area contributed by atoms with Crippen molar-refractivity contribution in [3.05, 3.63) is 75.8 Å². The Morgan fingerprint density at radius 3 is 2.81 bits per heavy atom. The summed E-state index contributed by atoms with van der Waals surface area (Å²) in [6.07, 6.45) is 3.39. The van der Waals surface area contributed by atoms with Crippen molar-refractivity contribution in [3.8, 4) is 0 Å². The van der Waals surface area contributed by atoms with Crippen LogP contribution in [0.1, 0.15) is 16.7 Å². The van der Waals surface area contributed by atoms with E-state index in [2.05, 4.69) is 9.97 Å². The molecule has 0 aliphatic carbocycles. The van der Waals surface area contributed by atoms with Crippen LogP contribution in [0.15, 0.2) is 53.6 Å². The summed E-state index contributed by atoms with van der Waals surface area (Å²) in [4.78, 5) is 33.5. The molecule has 0 saturated heterocycles. The minimum absolute atomic E-state index is 0.0368. The van der Waals surface area contributed by atoms with Crippen molar-refractivity contribution in [2.45, 2.75) is 20.0 Å². The zero-order valence-electron chi connectivity index (χ0n) is 14.9. The SMILES string of the molecule is COCC(=O)N(Cc1cccnc1)Cc1cc2cc(C)ccc2[nH]c1=O. The van der Waals surface area contributed by atoms with E-state index in [1.54, 1.807) is 17.3 Å². The van der Waals surface area contributed by atoms with Gasteiger partial charge >= 0.3 is 0 Å². The van der Waals surface area contributed by atoms with Gasteiger partial charge in [0.05, 0.1) is 6.54 Å². The predicted molar refractivity (Wildman–Crippen MR) is 99.7 cm³/mol. The first-order valence-corrected chi connectivity index (χ1v) is 8.35. The van der Waals surface area contributed by atoms with Crippen molar-refractivity contribution in [2.75, 3.05) is 13.7 Å². The highest BCUT2D eigenvalue weighted by atomic mass is 16.5. The van der Waals surface area contributed by atoms with Crippen LogP contribution in [0.3, 0.4) is 0 Å². The van der Waals surface area contributed by atoms with Crippen LogP contribution in [0, 0.1) is 6.92 Å². The number of ether oxygens (including phenoxy) is 1. The number of rotatable bonds is 6. The Balaban J connectivity index is 1.92. The number of nitrogens with zero attached hydrogens (tertiary/aromatic N) is 2. The lowest BCUT2D eigenvalue weighted by molar-refractivity contribution is -0.136. The summed E-state index contributed by atoms with van der Waals surface area (Å²) in [6, 6.07) is 11.4. The highest BCUT2D eigenvalue weighted by molar-refractivity contribution is 5.80. The van der Waals surface area contributed by atoms with E-state index in [1.165, 1.54) is 7.11 Å². The molecule has 6 heteroatoms. The number of fused-ring (bicyclic) bond motifs is 1. The maximum absolute atomic E-state index is 12.4. The van der Waals surface area contributed by atoms with Crippen LogP contribution in [-0.2, 0) is 22.6 Å². The Kier molecular flexibility index (Phi) is 5.43. The van der Waals surface area contributed by atoms with Gasteiger partial charge in [0.2, 0.25) is 5.91 Å². The van der Waals surface area contributed by atoms with E-state index in [0.29, 0.717) is 12.1 Å². The molecule has 26 heavy (non-hydrogen) atoms. The molecule has 0 atom stereocenters. The summed E-state index contributed by atoms with van der Waals surface area (Å²) < 4.78 is 4.98. The van der Waals surface area contributed by atoms with Crippen LogP contribution in [0.5, 0.6) is 0 Å². The maximum atomic E-state index is 12.4. The van der Waals surface area contributed by atoms with Gasteiger partial charge in [-0.2, -0.15) is 0 Å². The first-order chi connectivity index (χ1) is 12.6. The van der Waals surface area contributed by atoms with E-state index in [-0.39, 0.29) is 24.6 Å². The van der Waals surface area contributed by atoms with Crippen molar-refractivity contribution in [1.29, 1.82) is 0 Å². The molecule has 0 radical (unpaired) electrons. The van der Waals surface area contributed by atoms with Crippen molar-refractivity contribution in [3.63, 3.8) is 0 Å². The fourth-order valence-electron chi connectivity index (χ4n) is 2.85. The molecule has 134 valence electrons. The fraction of sp³-hybridized carbons (Fsp3) is 0.250. The number of pyridine rings is 2. The van der Waals surface area contributed by atoms with E-state index in [0.717, 1.165) is 22.0 Å². The third-order valence-corrected chi connectivity index (χ3v) is 4.15. The number of hydrogen-bond donors (Lipinski definition) is 1. The Morgan fingerprint density at radius 1 is 1.23 bits per heavy atom. The molecule has 0 aliphatic heterocycles. The number of aromatic amines is 1. The second-order valence-corrected chi connectivity index (χ2v) is 6.26. The van der Waals surface area contributed by atoms with Gasteiger partial charge in [-0.1, -0.05) is 17.7 Å². The number of methoxy groups -OCH3 is 1. The molecule has 3 rings (SSSR count). The van der Waals surface area contributed by atoms with Crippen LogP contribution in [-0.4, -0.2) is 34.5 Å². The zero-order valence-corrected chi connectivity index (χ0v) is 14.9. The van der Waals surface area contributed by atoms with Crippen molar-refractivity contribution in [1.82, 2.24) is 14.9 Å². The number of aromatic nitrogens is 2. The van der Waals surface area contributed by atoms with Gasteiger partial charge in [0.1, 0.15) is 6.61 Å². The molecule has 2 heterocycles. The Hall–Kier alpha value is -2.99. The van der Waals surface area contributed by atoms with Crippen LogP contribution < -0.4 is 5.56 Å². The summed E-state index contributed by atoms with van der Waals surface area (Å²) in [7, 11) is 1.48. The summed E-state index contributed by atoms with van der Waals surface area (Å²) in [5.41, 5.74) is 3.13. The number of benzene rings is 1. The van der Waals surface area contributed by atoms with Crippen molar-refractivity contribution >= 4 is 16.8 Å². The third-order valence-electron chi connectivity index (χ3n) is 4.15. The standard InChI is InChI=1S/C20H21N3O3/c1-14-5-6-18-16(8-14)9-17(20(25)22-18)12-23(19(24)13-26-2)11-15-4-3-7-21-10-15/h3-10H,11-13H2,1-2H3,(H,22,25). The van der Waals surface area contributed by atoms with Crippen LogP contribution in [0.2, 0.25) is 0 Å². The van der Waals surface area contributed by atoms with Crippen LogP contribution >= 0.6 is 0 Å². The first-order valence-electron chi connectivity index (χ1n) is 8.35. The number of carbonyl (C=O) groups is 1. The molecule has 0 spiro atoms. The average molecular weight is 351 g/mol. The lowest BCUT2D eigenvalue weighted by Gasteiger charge is -2.22. The van der Waals surface area contributed by atoms with E-state index < -0.39 is 0 Å². The number of H-pyrrole nitrogens is 1. The number of amides is 1. The fourth-order valence-corrected chi connectivity index (χ4v) is 2.85. The Labute approximate surface area is 151 Å². The topological polar surface area (TPSA) is 75.3 Å². The van der Waals surface area contributed by atoms with Crippen molar-refractivity contribution < 1.29 is 9.53 Å². The normalized spacial score (nSPS) is 10.8. The minimum Gasteiger partial charge on any atom is -0.375 e. The molecule has 0 bridgehead atoms. The molecule has 1 aromatic carbocycles. The molecular formula is C20H21N3O3. The van der Waals surface area contributed by atoms with Gasteiger partial charge < -0.3 is 14.6 Å².